The monoisotopic (exact) mass is 207 g/mol. The third-order valence-corrected chi connectivity index (χ3v) is 2.51. The predicted molar refractivity (Wildman–Crippen MR) is 61.4 cm³/mol. The second-order valence-electron chi connectivity index (χ2n) is 3.68. The summed E-state index contributed by atoms with van der Waals surface area (Å²) in [6.45, 7) is 6.07. The number of piperazine rings is 1. The lowest BCUT2D eigenvalue weighted by molar-refractivity contribution is 0.584. The highest BCUT2D eigenvalue weighted by atomic mass is 15.3. The number of nitrogens with zero attached hydrogens (tertiary/aromatic N) is 3. The second kappa shape index (κ2) is 4.44. The van der Waals surface area contributed by atoms with Crippen molar-refractivity contribution < 1.29 is 0 Å². The zero-order valence-corrected chi connectivity index (χ0v) is 9.25. The Labute approximate surface area is 89.9 Å². The van der Waals surface area contributed by atoms with Crippen molar-refractivity contribution in [1.29, 1.82) is 0 Å². The summed E-state index contributed by atoms with van der Waals surface area (Å²) in [4.78, 5) is 11.0. The van der Waals surface area contributed by atoms with Crippen molar-refractivity contribution in [2.75, 3.05) is 43.4 Å². The van der Waals surface area contributed by atoms with Crippen molar-refractivity contribution in [3.63, 3.8) is 0 Å². The van der Waals surface area contributed by atoms with Gasteiger partial charge in [-0.3, -0.25) is 0 Å². The van der Waals surface area contributed by atoms with E-state index in [-0.39, 0.29) is 0 Å². The van der Waals surface area contributed by atoms with Crippen molar-refractivity contribution >= 4 is 11.8 Å². The van der Waals surface area contributed by atoms with Crippen LogP contribution in [0.15, 0.2) is 6.07 Å². The number of aromatic nitrogens is 2. The van der Waals surface area contributed by atoms with Gasteiger partial charge < -0.3 is 15.5 Å². The van der Waals surface area contributed by atoms with E-state index in [1.54, 1.807) is 0 Å². The number of aryl methyl sites for hydroxylation is 1. The van der Waals surface area contributed by atoms with E-state index in [1.165, 1.54) is 0 Å². The summed E-state index contributed by atoms with van der Waals surface area (Å²) in [5.41, 5.74) is 1.00. The van der Waals surface area contributed by atoms with Crippen LogP contribution >= 0.6 is 0 Å². The molecule has 0 unspecified atom stereocenters. The van der Waals surface area contributed by atoms with Crippen molar-refractivity contribution in [1.82, 2.24) is 15.3 Å². The Morgan fingerprint density at radius 2 is 2.07 bits per heavy atom. The van der Waals surface area contributed by atoms with E-state index in [0.717, 1.165) is 37.7 Å². The Hall–Kier alpha value is -1.36. The van der Waals surface area contributed by atoms with Gasteiger partial charge in [0, 0.05) is 45.0 Å². The van der Waals surface area contributed by atoms with Crippen LogP contribution in [0.3, 0.4) is 0 Å². The molecule has 1 aliphatic heterocycles. The van der Waals surface area contributed by atoms with E-state index in [9.17, 15) is 0 Å². The van der Waals surface area contributed by atoms with Gasteiger partial charge in [-0.25, -0.2) is 4.98 Å². The van der Waals surface area contributed by atoms with E-state index < -0.39 is 0 Å². The maximum Gasteiger partial charge on any atom is 0.224 e. The molecule has 0 bridgehead atoms. The van der Waals surface area contributed by atoms with E-state index in [1.807, 2.05) is 20.0 Å². The molecule has 0 saturated carbocycles. The van der Waals surface area contributed by atoms with Crippen molar-refractivity contribution in [3.8, 4) is 0 Å². The average Bonchev–Trinajstić information content (AvgIpc) is 2.29. The highest BCUT2D eigenvalue weighted by Crippen LogP contribution is 2.14. The van der Waals surface area contributed by atoms with Crippen LogP contribution in [0.5, 0.6) is 0 Å². The van der Waals surface area contributed by atoms with E-state index >= 15 is 0 Å². The minimum absolute atomic E-state index is 0.698. The lowest BCUT2D eigenvalue weighted by atomic mass is 10.3. The molecule has 1 fully saturated rings. The number of hydrogen-bond donors (Lipinski definition) is 2. The zero-order chi connectivity index (χ0) is 10.7. The van der Waals surface area contributed by atoms with Gasteiger partial charge in [0.15, 0.2) is 0 Å². The SMILES string of the molecule is CNc1nc(C)cc(N2CCNCC2)n1. The molecule has 5 nitrogen and oxygen atoms in total. The summed E-state index contributed by atoms with van der Waals surface area (Å²) in [5.74, 6) is 1.72. The summed E-state index contributed by atoms with van der Waals surface area (Å²) >= 11 is 0. The summed E-state index contributed by atoms with van der Waals surface area (Å²) < 4.78 is 0. The summed E-state index contributed by atoms with van der Waals surface area (Å²) in [5, 5.41) is 6.31. The molecule has 1 saturated heterocycles. The maximum atomic E-state index is 4.45. The molecule has 82 valence electrons. The molecule has 0 spiro atoms. The molecule has 1 aromatic rings. The largest absolute Gasteiger partial charge is 0.357 e. The normalized spacial score (nSPS) is 16.5. The van der Waals surface area contributed by atoms with Gasteiger partial charge in [0.2, 0.25) is 5.95 Å². The second-order valence-corrected chi connectivity index (χ2v) is 3.68. The Kier molecular flexibility index (Phi) is 3.01. The molecule has 0 aromatic carbocycles. The molecule has 5 heteroatoms. The van der Waals surface area contributed by atoms with E-state index in [4.69, 9.17) is 0 Å². The number of hydrogen-bond acceptors (Lipinski definition) is 5. The van der Waals surface area contributed by atoms with Crippen LogP contribution in [0, 0.1) is 6.92 Å². The minimum Gasteiger partial charge on any atom is -0.357 e. The molecule has 1 aliphatic rings. The molecule has 2 rings (SSSR count). The summed E-state index contributed by atoms with van der Waals surface area (Å²) in [6.07, 6.45) is 0. The molecular weight excluding hydrogens is 190 g/mol. The van der Waals surface area contributed by atoms with Crippen molar-refractivity contribution in [2.45, 2.75) is 6.92 Å². The van der Waals surface area contributed by atoms with Crippen LogP contribution < -0.4 is 15.5 Å². The first-order valence-corrected chi connectivity index (χ1v) is 5.28. The summed E-state index contributed by atoms with van der Waals surface area (Å²) in [7, 11) is 1.84. The van der Waals surface area contributed by atoms with E-state index in [2.05, 4.69) is 25.5 Å². The predicted octanol–water partition coefficient (Wildman–Crippen LogP) is 0.236. The van der Waals surface area contributed by atoms with E-state index in [0.29, 0.717) is 5.95 Å². The van der Waals surface area contributed by atoms with Crippen LogP contribution in [0.2, 0.25) is 0 Å². The molecule has 2 N–H and O–H groups in total. The van der Waals surface area contributed by atoms with Crippen LogP contribution in [-0.4, -0.2) is 43.2 Å². The van der Waals surface area contributed by atoms with Crippen LogP contribution in [-0.2, 0) is 0 Å². The molecule has 0 aliphatic carbocycles. The number of nitrogens with one attached hydrogen (secondary N) is 2. The number of anilines is 2. The fourth-order valence-corrected chi connectivity index (χ4v) is 1.72. The third kappa shape index (κ3) is 2.36. The lowest BCUT2D eigenvalue weighted by Gasteiger charge is -2.28. The van der Waals surface area contributed by atoms with Gasteiger partial charge >= 0.3 is 0 Å². The first-order valence-electron chi connectivity index (χ1n) is 5.28. The summed E-state index contributed by atoms with van der Waals surface area (Å²) in [6, 6.07) is 2.03. The highest BCUT2D eigenvalue weighted by molar-refractivity contribution is 5.44. The molecule has 0 amide bonds. The Morgan fingerprint density at radius 1 is 1.33 bits per heavy atom. The average molecular weight is 207 g/mol. The molecule has 15 heavy (non-hydrogen) atoms. The zero-order valence-electron chi connectivity index (χ0n) is 9.25. The molecule has 1 aromatic heterocycles. The van der Waals surface area contributed by atoms with Crippen LogP contribution in [0.1, 0.15) is 5.69 Å². The lowest BCUT2D eigenvalue weighted by Crippen LogP contribution is -2.44. The first kappa shape index (κ1) is 10.2. The maximum absolute atomic E-state index is 4.45. The van der Waals surface area contributed by atoms with Gasteiger partial charge in [0.1, 0.15) is 5.82 Å². The quantitative estimate of drug-likeness (QED) is 0.727. The van der Waals surface area contributed by atoms with Gasteiger partial charge in [-0.15, -0.1) is 0 Å². The third-order valence-electron chi connectivity index (χ3n) is 2.51. The molecule has 2 heterocycles. The smallest absolute Gasteiger partial charge is 0.224 e. The standard InChI is InChI=1S/C10H17N5/c1-8-7-9(14-10(11-2)13-8)15-5-3-12-4-6-15/h7,12H,3-6H2,1-2H3,(H,11,13,14). The van der Waals surface area contributed by atoms with Gasteiger partial charge in [-0.05, 0) is 6.92 Å². The highest BCUT2D eigenvalue weighted by Gasteiger charge is 2.12. The fourth-order valence-electron chi connectivity index (χ4n) is 1.72. The van der Waals surface area contributed by atoms with Crippen LogP contribution in [0.4, 0.5) is 11.8 Å². The van der Waals surface area contributed by atoms with Crippen LogP contribution in [0.25, 0.3) is 0 Å². The van der Waals surface area contributed by atoms with Crippen molar-refractivity contribution in [2.24, 2.45) is 0 Å². The Morgan fingerprint density at radius 3 is 2.73 bits per heavy atom. The Bertz CT molecular complexity index is 333. The van der Waals surface area contributed by atoms with Gasteiger partial charge in [0.25, 0.3) is 0 Å². The topological polar surface area (TPSA) is 53.1 Å². The van der Waals surface area contributed by atoms with Gasteiger partial charge in [-0.1, -0.05) is 0 Å². The van der Waals surface area contributed by atoms with Gasteiger partial charge in [0.05, 0.1) is 0 Å². The Balaban J connectivity index is 2.22. The molecular formula is C10H17N5. The van der Waals surface area contributed by atoms with Crippen molar-refractivity contribution in [3.05, 3.63) is 11.8 Å². The van der Waals surface area contributed by atoms with Gasteiger partial charge in [-0.2, -0.15) is 4.98 Å². The molecule has 0 radical (unpaired) electrons. The first-order chi connectivity index (χ1) is 7.29. The fraction of sp³-hybridized carbons (Fsp3) is 0.600. The minimum atomic E-state index is 0.698. The molecule has 0 atom stereocenters. The number of rotatable bonds is 2.